The molecular weight excluding hydrogens is 284 g/mol. The van der Waals surface area contributed by atoms with E-state index in [1.165, 1.54) is 16.5 Å². The maximum absolute atomic E-state index is 6.08. The fourth-order valence-corrected chi connectivity index (χ4v) is 3.38. The first-order valence-electron chi connectivity index (χ1n) is 8.37. The number of aromatic amines is 1. The van der Waals surface area contributed by atoms with Gasteiger partial charge in [-0.3, -0.25) is 4.90 Å². The number of fused-ring (bicyclic) bond motifs is 1. The second-order valence-electron chi connectivity index (χ2n) is 6.27. The van der Waals surface area contributed by atoms with Crippen LogP contribution in [0.5, 0.6) is 5.75 Å². The number of likely N-dealkylation sites (tertiary alicyclic amines) is 1. The van der Waals surface area contributed by atoms with Crippen LogP contribution in [0.15, 0.2) is 60.8 Å². The molecule has 0 saturated carbocycles. The molecular formula is C20H22N2O. The first-order valence-corrected chi connectivity index (χ1v) is 8.37. The van der Waals surface area contributed by atoms with Gasteiger partial charge in [-0.25, -0.2) is 0 Å². The minimum absolute atomic E-state index is 0.344. The lowest BCUT2D eigenvalue weighted by Crippen LogP contribution is -2.37. The Morgan fingerprint density at radius 2 is 1.70 bits per heavy atom. The Kier molecular flexibility index (Phi) is 4.03. The Morgan fingerprint density at radius 1 is 0.957 bits per heavy atom. The van der Waals surface area contributed by atoms with Crippen molar-refractivity contribution in [3.63, 3.8) is 0 Å². The summed E-state index contributed by atoms with van der Waals surface area (Å²) in [5.74, 6) is 0.988. The molecule has 0 bridgehead atoms. The van der Waals surface area contributed by atoms with Gasteiger partial charge in [-0.1, -0.05) is 36.4 Å². The highest BCUT2D eigenvalue weighted by Crippen LogP contribution is 2.23. The summed E-state index contributed by atoms with van der Waals surface area (Å²) in [5, 5.41) is 1.34. The summed E-state index contributed by atoms with van der Waals surface area (Å²) in [4.78, 5) is 5.90. The first kappa shape index (κ1) is 14.3. The third kappa shape index (κ3) is 3.25. The molecule has 2 heterocycles. The molecule has 0 aliphatic carbocycles. The van der Waals surface area contributed by atoms with Gasteiger partial charge in [-0.2, -0.15) is 0 Å². The van der Waals surface area contributed by atoms with Crippen molar-refractivity contribution >= 4 is 10.9 Å². The zero-order valence-corrected chi connectivity index (χ0v) is 13.2. The third-order valence-electron chi connectivity index (χ3n) is 4.65. The van der Waals surface area contributed by atoms with Gasteiger partial charge >= 0.3 is 0 Å². The Bertz CT molecular complexity index is 757. The number of para-hydroxylation sites is 2. The molecule has 2 aromatic carbocycles. The minimum Gasteiger partial charge on any atom is -0.490 e. The van der Waals surface area contributed by atoms with Crippen molar-refractivity contribution in [3.05, 3.63) is 66.4 Å². The second kappa shape index (κ2) is 6.47. The molecule has 1 fully saturated rings. The smallest absolute Gasteiger partial charge is 0.119 e. The molecule has 1 N–H and O–H groups in total. The van der Waals surface area contributed by atoms with Gasteiger partial charge in [0.15, 0.2) is 0 Å². The number of nitrogens with zero attached hydrogens (tertiary/aromatic N) is 1. The van der Waals surface area contributed by atoms with E-state index >= 15 is 0 Å². The average molecular weight is 306 g/mol. The highest BCUT2D eigenvalue weighted by Gasteiger charge is 2.21. The second-order valence-corrected chi connectivity index (χ2v) is 6.27. The van der Waals surface area contributed by atoms with Crippen LogP contribution in [-0.2, 0) is 6.54 Å². The molecule has 0 spiro atoms. The maximum atomic E-state index is 6.08. The monoisotopic (exact) mass is 306 g/mol. The Morgan fingerprint density at radius 3 is 2.52 bits per heavy atom. The van der Waals surface area contributed by atoms with Crippen LogP contribution in [0, 0.1) is 0 Å². The number of H-pyrrole nitrogens is 1. The van der Waals surface area contributed by atoms with Crippen LogP contribution in [0.25, 0.3) is 10.9 Å². The molecule has 23 heavy (non-hydrogen) atoms. The predicted octanol–water partition coefficient (Wildman–Crippen LogP) is 4.21. The van der Waals surface area contributed by atoms with E-state index in [9.17, 15) is 0 Å². The SMILES string of the molecule is c1ccc(OC2CCN(Cc3c[nH]c4ccccc34)CC2)cc1. The highest BCUT2D eigenvalue weighted by atomic mass is 16.5. The lowest BCUT2D eigenvalue weighted by atomic mass is 10.1. The molecule has 4 rings (SSSR count). The Hall–Kier alpha value is -2.26. The van der Waals surface area contributed by atoms with Crippen molar-refractivity contribution in [2.45, 2.75) is 25.5 Å². The van der Waals surface area contributed by atoms with Crippen LogP contribution in [0.1, 0.15) is 18.4 Å². The van der Waals surface area contributed by atoms with Gasteiger partial charge in [-0.05, 0) is 36.6 Å². The van der Waals surface area contributed by atoms with Gasteiger partial charge in [0.1, 0.15) is 11.9 Å². The van der Waals surface area contributed by atoms with E-state index in [0.29, 0.717) is 6.10 Å². The topological polar surface area (TPSA) is 28.3 Å². The molecule has 3 aromatic rings. The predicted molar refractivity (Wildman–Crippen MR) is 93.7 cm³/mol. The summed E-state index contributed by atoms with van der Waals surface area (Å²) in [7, 11) is 0. The van der Waals surface area contributed by atoms with E-state index < -0.39 is 0 Å². The van der Waals surface area contributed by atoms with Crippen LogP contribution in [-0.4, -0.2) is 29.1 Å². The van der Waals surface area contributed by atoms with E-state index in [4.69, 9.17) is 4.74 Å². The number of hydrogen-bond donors (Lipinski definition) is 1. The number of benzene rings is 2. The minimum atomic E-state index is 0.344. The average Bonchev–Trinajstić information content (AvgIpc) is 3.01. The Balaban J connectivity index is 1.35. The highest BCUT2D eigenvalue weighted by molar-refractivity contribution is 5.82. The van der Waals surface area contributed by atoms with Crippen LogP contribution in [0.2, 0.25) is 0 Å². The lowest BCUT2D eigenvalue weighted by molar-refractivity contribution is 0.0970. The number of aromatic nitrogens is 1. The summed E-state index contributed by atoms with van der Waals surface area (Å²) in [6.07, 6.45) is 4.68. The summed E-state index contributed by atoms with van der Waals surface area (Å²) >= 11 is 0. The standard InChI is InChI=1S/C20H22N2O/c1-2-6-17(7-3-1)23-18-10-12-22(13-11-18)15-16-14-21-20-9-5-4-8-19(16)20/h1-9,14,18,21H,10-13,15H2. The molecule has 3 nitrogen and oxygen atoms in total. The zero-order chi connectivity index (χ0) is 15.5. The number of nitrogens with one attached hydrogen (secondary N) is 1. The quantitative estimate of drug-likeness (QED) is 0.782. The van der Waals surface area contributed by atoms with Crippen LogP contribution in [0.3, 0.4) is 0 Å². The molecule has 0 radical (unpaired) electrons. The van der Waals surface area contributed by atoms with Crippen molar-refractivity contribution in [2.75, 3.05) is 13.1 Å². The van der Waals surface area contributed by atoms with E-state index in [2.05, 4.69) is 40.3 Å². The largest absolute Gasteiger partial charge is 0.490 e. The number of ether oxygens (including phenoxy) is 1. The molecule has 1 aromatic heterocycles. The fraction of sp³-hybridized carbons (Fsp3) is 0.300. The van der Waals surface area contributed by atoms with Gasteiger partial charge in [-0.15, -0.1) is 0 Å². The van der Waals surface area contributed by atoms with Gasteiger partial charge in [0.05, 0.1) is 0 Å². The molecule has 0 atom stereocenters. The van der Waals surface area contributed by atoms with Crippen LogP contribution in [0.4, 0.5) is 0 Å². The zero-order valence-electron chi connectivity index (χ0n) is 13.2. The normalized spacial score (nSPS) is 16.7. The molecule has 0 unspecified atom stereocenters. The van der Waals surface area contributed by atoms with E-state index in [-0.39, 0.29) is 0 Å². The van der Waals surface area contributed by atoms with Crippen molar-refractivity contribution in [1.82, 2.24) is 9.88 Å². The number of hydrogen-bond acceptors (Lipinski definition) is 2. The van der Waals surface area contributed by atoms with Crippen molar-refractivity contribution in [2.24, 2.45) is 0 Å². The van der Waals surface area contributed by atoms with Gasteiger partial charge in [0, 0.05) is 36.7 Å². The van der Waals surface area contributed by atoms with Crippen molar-refractivity contribution < 1.29 is 4.74 Å². The first-order chi connectivity index (χ1) is 11.4. The summed E-state index contributed by atoms with van der Waals surface area (Å²) in [6.45, 7) is 3.20. The van der Waals surface area contributed by atoms with Crippen molar-refractivity contribution in [1.29, 1.82) is 0 Å². The fourth-order valence-electron chi connectivity index (χ4n) is 3.38. The molecule has 1 aliphatic rings. The maximum Gasteiger partial charge on any atom is 0.119 e. The van der Waals surface area contributed by atoms with Gasteiger partial charge in [0.2, 0.25) is 0 Å². The van der Waals surface area contributed by atoms with E-state index in [1.807, 2.05) is 30.3 Å². The molecule has 1 aliphatic heterocycles. The van der Waals surface area contributed by atoms with Crippen LogP contribution < -0.4 is 4.74 Å². The van der Waals surface area contributed by atoms with Crippen molar-refractivity contribution in [3.8, 4) is 5.75 Å². The van der Waals surface area contributed by atoms with Gasteiger partial charge < -0.3 is 9.72 Å². The van der Waals surface area contributed by atoms with E-state index in [0.717, 1.165) is 38.2 Å². The lowest BCUT2D eigenvalue weighted by Gasteiger charge is -2.32. The molecule has 1 saturated heterocycles. The number of piperidine rings is 1. The summed E-state index contributed by atoms with van der Waals surface area (Å²) < 4.78 is 6.08. The Labute approximate surface area is 136 Å². The van der Waals surface area contributed by atoms with Gasteiger partial charge in [0.25, 0.3) is 0 Å². The third-order valence-corrected chi connectivity index (χ3v) is 4.65. The summed E-state index contributed by atoms with van der Waals surface area (Å²) in [6, 6.07) is 18.7. The molecule has 118 valence electrons. The summed E-state index contributed by atoms with van der Waals surface area (Å²) in [5.41, 5.74) is 2.62. The molecule has 3 heteroatoms. The number of rotatable bonds is 4. The van der Waals surface area contributed by atoms with E-state index in [1.54, 1.807) is 0 Å². The molecule has 0 amide bonds. The van der Waals surface area contributed by atoms with Crippen LogP contribution >= 0.6 is 0 Å².